The van der Waals surface area contributed by atoms with Gasteiger partial charge in [-0.3, -0.25) is 24.4 Å². The van der Waals surface area contributed by atoms with Crippen LogP contribution in [-0.2, 0) is 14.4 Å². The quantitative estimate of drug-likeness (QED) is 0.0545. The number of likely N-dealkylation sites (tertiary alicyclic amines) is 1. The summed E-state index contributed by atoms with van der Waals surface area (Å²) < 4.78 is 5.71. The highest BCUT2D eigenvalue weighted by Crippen LogP contribution is 2.40. The van der Waals surface area contributed by atoms with Gasteiger partial charge in [0.1, 0.15) is 23.5 Å². The van der Waals surface area contributed by atoms with Crippen LogP contribution in [-0.4, -0.2) is 104 Å². The van der Waals surface area contributed by atoms with Crippen molar-refractivity contribution < 1.29 is 39.2 Å². The number of hydrogen-bond acceptors (Lipinski definition) is 9. The van der Waals surface area contributed by atoms with Gasteiger partial charge in [-0.2, -0.15) is 0 Å². The van der Waals surface area contributed by atoms with E-state index in [4.69, 9.17) is 27.8 Å². The topological polar surface area (TPSA) is 243 Å². The zero-order chi connectivity index (χ0) is 40.1. The number of para-hydroxylation sites is 1. The van der Waals surface area contributed by atoms with E-state index in [0.29, 0.717) is 45.5 Å². The monoisotopic (exact) mass is 763 g/mol. The lowest BCUT2D eigenvalue weighted by molar-refractivity contribution is -0.145. The van der Waals surface area contributed by atoms with Crippen LogP contribution in [0.1, 0.15) is 56.5 Å². The van der Waals surface area contributed by atoms with Crippen molar-refractivity contribution in [3.05, 3.63) is 77.6 Å². The summed E-state index contributed by atoms with van der Waals surface area (Å²) in [5.41, 5.74) is 12.5. The Kier molecular flexibility index (Phi) is 13.1. The Morgan fingerprint density at radius 2 is 1.87 bits per heavy atom. The van der Waals surface area contributed by atoms with Crippen molar-refractivity contribution in [1.82, 2.24) is 20.5 Å². The van der Waals surface area contributed by atoms with Gasteiger partial charge in [-0.1, -0.05) is 31.7 Å². The van der Waals surface area contributed by atoms with Crippen LogP contribution in [0.4, 0.5) is 0 Å². The second-order valence-corrected chi connectivity index (χ2v) is 13.8. The number of nitrogens with two attached hydrogens (primary N) is 2. The SMILES string of the molecule is C=C(C)c1cnc2ccccc2c1-c1cc(C(=O)NC(C(=O)N2CC[C@@](C)(O)[C@H]2C(=O)N/C(C(=O)O)=C(\C)CC)C(Cl)C(O)CN=C(N)N)ccc1OC. The van der Waals surface area contributed by atoms with Crippen LogP contribution < -0.4 is 26.8 Å². The maximum absolute atomic E-state index is 14.4. The second-order valence-electron chi connectivity index (χ2n) is 13.3. The van der Waals surface area contributed by atoms with Gasteiger partial charge in [0.15, 0.2) is 5.96 Å². The van der Waals surface area contributed by atoms with E-state index in [1.807, 2.05) is 31.2 Å². The number of aliphatic hydroxyl groups excluding tert-OH is 1. The summed E-state index contributed by atoms with van der Waals surface area (Å²) in [5, 5.41) is 36.2. The molecule has 1 saturated heterocycles. The Bertz CT molecular complexity index is 2030. The molecule has 15 nitrogen and oxygen atoms in total. The van der Waals surface area contributed by atoms with E-state index in [1.54, 1.807) is 25.3 Å². The average Bonchev–Trinajstić information content (AvgIpc) is 3.47. The number of fused-ring (bicyclic) bond motifs is 1. The molecule has 1 aromatic heterocycles. The predicted octanol–water partition coefficient (Wildman–Crippen LogP) is 2.52. The third-order valence-electron chi connectivity index (χ3n) is 9.38. The number of hydrogen-bond donors (Lipinski definition) is 7. The van der Waals surface area contributed by atoms with Gasteiger partial charge in [-0.05, 0) is 69.0 Å². The first kappa shape index (κ1) is 41.2. The number of nitrogens with zero attached hydrogens (tertiary/aromatic N) is 3. The number of amides is 3. The third kappa shape index (κ3) is 8.81. The van der Waals surface area contributed by atoms with E-state index in [9.17, 15) is 34.5 Å². The number of benzene rings is 2. The number of carboxylic acids is 1. The van der Waals surface area contributed by atoms with E-state index in [-0.39, 0.29) is 24.5 Å². The third-order valence-corrected chi connectivity index (χ3v) is 9.92. The van der Waals surface area contributed by atoms with Gasteiger partial charge >= 0.3 is 5.97 Å². The number of ether oxygens (including phenoxy) is 1. The van der Waals surface area contributed by atoms with Crippen molar-refractivity contribution >= 4 is 57.7 Å². The summed E-state index contributed by atoms with van der Waals surface area (Å²) in [6.07, 6.45) is 0.333. The van der Waals surface area contributed by atoms with E-state index in [1.165, 1.54) is 27.0 Å². The molecule has 0 aliphatic carbocycles. The fourth-order valence-electron chi connectivity index (χ4n) is 6.32. The average molecular weight is 764 g/mol. The number of aliphatic hydroxyl groups is 2. The normalized spacial score (nSPS) is 18.9. The lowest BCUT2D eigenvalue weighted by Crippen LogP contribution is -2.61. The summed E-state index contributed by atoms with van der Waals surface area (Å²) in [4.78, 5) is 63.6. The molecule has 2 aromatic carbocycles. The second kappa shape index (κ2) is 17.1. The molecule has 0 spiro atoms. The molecule has 1 aliphatic heterocycles. The lowest BCUT2D eigenvalue weighted by Gasteiger charge is -2.34. The maximum Gasteiger partial charge on any atom is 0.352 e. The van der Waals surface area contributed by atoms with Gasteiger partial charge in [-0.15, -0.1) is 11.6 Å². The predicted molar refractivity (Wildman–Crippen MR) is 206 cm³/mol. The highest BCUT2D eigenvalue weighted by molar-refractivity contribution is 6.23. The molecule has 0 bridgehead atoms. The molecule has 288 valence electrons. The zero-order valence-electron chi connectivity index (χ0n) is 30.7. The number of allylic oxidation sites excluding steroid dienone is 2. The number of aliphatic imine (C=N–C) groups is 1. The molecule has 9 N–H and O–H groups in total. The Labute approximate surface area is 317 Å². The molecule has 3 amide bonds. The highest BCUT2D eigenvalue weighted by atomic mass is 35.5. The minimum absolute atomic E-state index is 0.0767. The summed E-state index contributed by atoms with van der Waals surface area (Å²) in [6.45, 7) is 9.90. The summed E-state index contributed by atoms with van der Waals surface area (Å²) in [7, 11) is 1.49. The molecule has 1 aliphatic rings. The first-order valence-corrected chi connectivity index (χ1v) is 17.5. The largest absolute Gasteiger partial charge is 0.496 e. The first-order chi connectivity index (χ1) is 25.4. The number of pyridine rings is 1. The van der Waals surface area contributed by atoms with E-state index >= 15 is 0 Å². The van der Waals surface area contributed by atoms with Gasteiger partial charge in [0.05, 0.1) is 36.3 Å². The number of rotatable bonds is 14. The molecule has 0 radical (unpaired) electrons. The molecular formula is C38H46ClN7O8. The smallest absolute Gasteiger partial charge is 0.352 e. The van der Waals surface area contributed by atoms with E-state index < -0.39 is 65.1 Å². The van der Waals surface area contributed by atoms with Gasteiger partial charge in [0, 0.05) is 40.4 Å². The number of guanidine groups is 1. The van der Waals surface area contributed by atoms with Crippen LogP contribution in [0.25, 0.3) is 27.6 Å². The van der Waals surface area contributed by atoms with Crippen molar-refractivity contribution in [2.75, 3.05) is 20.2 Å². The van der Waals surface area contributed by atoms with Gasteiger partial charge in [0.2, 0.25) is 11.8 Å². The van der Waals surface area contributed by atoms with E-state index in [0.717, 1.165) is 10.3 Å². The van der Waals surface area contributed by atoms with Crippen LogP contribution in [0.5, 0.6) is 5.75 Å². The van der Waals surface area contributed by atoms with Crippen molar-refractivity contribution in [1.29, 1.82) is 0 Å². The van der Waals surface area contributed by atoms with Gasteiger partial charge in [-0.25, -0.2) is 4.79 Å². The Morgan fingerprint density at radius 3 is 2.48 bits per heavy atom. The number of nitrogens with one attached hydrogen (secondary N) is 2. The van der Waals surface area contributed by atoms with Gasteiger partial charge < -0.3 is 47.1 Å². The molecule has 16 heteroatoms. The number of carbonyl (C=O) groups is 4. The fourth-order valence-corrected chi connectivity index (χ4v) is 6.57. The fraction of sp³-hybridized carbons (Fsp3) is 0.368. The number of aromatic nitrogens is 1. The number of carboxylic acid groups (broad SMARTS) is 1. The van der Waals surface area contributed by atoms with Crippen molar-refractivity contribution in [3.63, 3.8) is 0 Å². The minimum Gasteiger partial charge on any atom is -0.496 e. The summed E-state index contributed by atoms with van der Waals surface area (Å²) >= 11 is 6.72. The molecule has 3 aromatic rings. The van der Waals surface area contributed by atoms with Crippen LogP contribution in [0.3, 0.4) is 0 Å². The molecular weight excluding hydrogens is 718 g/mol. The number of carbonyl (C=O) groups excluding carboxylic acids is 3. The summed E-state index contributed by atoms with van der Waals surface area (Å²) in [6, 6.07) is 8.78. The van der Waals surface area contributed by atoms with Gasteiger partial charge in [0.25, 0.3) is 5.91 Å². The first-order valence-electron chi connectivity index (χ1n) is 17.1. The molecule has 0 saturated carbocycles. The van der Waals surface area contributed by atoms with Crippen LogP contribution in [0.15, 0.2) is 71.5 Å². The zero-order valence-corrected chi connectivity index (χ0v) is 31.5. The maximum atomic E-state index is 14.4. The molecule has 54 heavy (non-hydrogen) atoms. The molecule has 2 heterocycles. The number of halogens is 1. The van der Waals surface area contributed by atoms with Crippen LogP contribution in [0, 0.1) is 0 Å². The molecule has 1 fully saturated rings. The van der Waals surface area contributed by atoms with Crippen LogP contribution >= 0.6 is 11.6 Å². The Morgan fingerprint density at radius 1 is 1.19 bits per heavy atom. The number of aliphatic carboxylic acids is 1. The Hall–Kier alpha value is -5.51. The molecule has 4 rings (SSSR count). The number of methoxy groups -OCH3 is 1. The van der Waals surface area contributed by atoms with E-state index in [2.05, 4.69) is 27.2 Å². The number of alkyl halides is 1. The van der Waals surface area contributed by atoms with Crippen molar-refractivity contribution in [2.45, 2.75) is 69.7 Å². The highest BCUT2D eigenvalue weighted by Gasteiger charge is 2.52. The lowest BCUT2D eigenvalue weighted by atomic mass is 9.91. The molecule has 5 atom stereocenters. The standard InChI is InChI=1S/C38H46ClN7O8/c1-7-20(4)30(36(51)52)44-34(49)32-38(5,53)14-15-46(32)35(50)31(29(39)26(47)18-43-37(40)41)45-33(48)21-12-13-27(54-6)23(16-21)28-22-10-8-9-11-25(22)42-17-24(28)19(2)3/h8-13,16-17,26,29,31-32,47,53H,2,7,14-15,18H2,1,3-6H3,(H,44,49)(H,45,48)(H,51,52)(H4,40,41,43)/b30-20+/t26?,29?,31?,32-,38-/m1/s1. The van der Waals surface area contributed by atoms with Crippen LogP contribution in [0.2, 0.25) is 0 Å². The molecule has 3 unspecified atom stereocenters. The minimum atomic E-state index is -1.81. The summed E-state index contributed by atoms with van der Waals surface area (Å²) in [5.74, 6) is -4.01. The van der Waals surface area contributed by atoms with Crippen molar-refractivity contribution in [3.8, 4) is 16.9 Å². The Balaban J connectivity index is 1.79. The van der Waals surface area contributed by atoms with Crippen molar-refractivity contribution in [2.24, 2.45) is 16.5 Å².